The molecule has 0 aromatic rings. The van der Waals surface area contributed by atoms with Gasteiger partial charge < -0.3 is 5.11 Å². The van der Waals surface area contributed by atoms with Gasteiger partial charge in [-0.15, -0.1) is 18.2 Å². The van der Waals surface area contributed by atoms with Crippen LogP contribution in [0.5, 0.6) is 0 Å². The van der Waals surface area contributed by atoms with Gasteiger partial charge in [0, 0.05) is 0 Å². The molecule has 0 rings (SSSR count). The molecule has 0 saturated heterocycles. The van der Waals surface area contributed by atoms with Gasteiger partial charge in [0.05, 0.1) is 0 Å². The second-order valence-corrected chi connectivity index (χ2v) is 2.13. The van der Waals surface area contributed by atoms with Crippen molar-refractivity contribution in [3.63, 3.8) is 0 Å². The highest BCUT2D eigenvalue weighted by Crippen LogP contribution is 1.97. The van der Waals surface area contributed by atoms with Gasteiger partial charge in [-0.2, -0.15) is 0 Å². The SMILES string of the molecule is C#CCN=C(SC)C(=O)O. The first-order valence-electron chi connectivity index (χ1n) is 2.47. The van der Waals surface area contributed by atoms with E-state index in [-0.39, 0.29) is 11.6 Å². The second-order valence-electron chi connectivity index (χ2n) is 1.33. The Bertz CT molecular complexity index is 192. The highest BCUT2D eigenvalue weighted by Gasteiger charge is 2.04. The molecule has 4 heteroatoms. The first kappa shape index (κ1) is 9.05. The molecule has 0 bridgehead atoms. The van der Waals surface area contributed by atoms with E-state index >= 15 is 0 Å². The lowest BCUT2D eigenvalue weighted by Gasteiger charge is -1.91. The second kappa shape index (κ2) is 4.89. The monoisotopic (exact) mass is 157 g/mol. The summed E-state index contributed by atoms with van der Waals surface area (Å²) in [5, 5.41) is 8.43. The Labute approximate surface area is 63.5 Å². The summed E-state index contributed by atoms with van der Waals surface area (Å²) in [6.45, 7) is 0.127. The number of aliphatic imine (C=N–C) groups is 1. The molecule has 0 aliphatic heterocycles. The molecule has 0 aliphatic carbocycles. The lowest BCUT2D eigenvalue weighted by molar-refractivity contribution is -0.129. The quantitative estimate of drug-likeness (QED) is 0.342. The molecule has 0 aliphatic rings. The molecule has 0 amide bonds. The fourth-order valence-electron chi connectivity index (χ4n) is 0.337. The number of nitrogens with zero attached hydrogens (tertiary/aromatic N) is 1. The predicted molar refractivity (Wildman–Crippen MR) is 42.3 cm³/mol. The van der Waals surface area contributed by atoms with Gasteiger partial charge in [-0.3, -0.25) is 4.99 Å². The van der Waals surface area contributed by atoms with E-state index in [1.54, 1.807) is 6.26 Å². The van der Waals surface area contributed by atoms with Crippen molar-refractivity contribution in [2.75, 3.05) is 12.8 Å². The van der Waals surface area contributed by atoms with Crippen LogP contribution in [0.3, 0.4) is 0 Å². The maximum absolute atomic E-state index is 10.2. The van der Waals surface area contributed by atoms with Gasteiger partial charge in [0.15, 0.2) is 5.04 Å². The molecule has 0 aromatic heterocycles. The largest absolute Gasteiger partial charge is 0.476 e. The zero-order valence-electron chi connectivity index (χ0n) is 5.50. The number of rotatable bonds is 1. The standard InChI is InChI=1S/C6H7NO2S/c1-3-4-7-5(10-2)6(8)9/h1H,4H2,2H3,(H,8,9). The maximum atomic E-state index is 10.2. The number of carboxylic acid groups (broad SMARTS) is 1. The number of carbonyl (C=O) groups is 1. The summed E-state index contributed by atoms with van der Waals surface area (Å²) in [5.74, 6) is 1.20. The summed E-state index contributed by atoms with van der Waals surface area (Å²) in [4.78, 5) is 13.8. The summed E-state index contributed by atoms with van der Waals surface area (Å²) in [6, 6.07) is 0. The van der Waals surface area contributed by atoms with Crippen molar-refractivity contribution in [2.24, 2.45) is 4.99 Å². The van der Waals surface area contributed by atoms with Gasteiger partial charge in [-0.1, -0.05) is 5.92 Å². The molecule has 10 heavy (non-hydrogen) atoms. The van der Waals surface area contributed by atoms with E-state index in [0.717, 1.165) is 11.8 Å². The van der Waals surface area contributed by atoms with Crippen LogP contribution in [0.25, 0.3) is 0 Å². The van der Waals surface area contributed by atoms with Crippen LogP contribution in [0, 0.1) is 12.3 Å². The van der Waals surface area contributed by atoms with Crippen molar-refractivity contribution in [1.29, 1.82) is 0 Å². The normalized spacial score (nSPS) is 10.6. The molecule has 0 spiro atoms. The molecule has 0 saturated carbocycles. The van der Waals surface area contributed by atoms with Crippen molar-refractivity contribution >= 4 is 22.8 Å². The minimum Gasteiger partial charge on any atom is -0.476 e. The third kappa shape index (κ3) is 3.15. The molecule has 0 radical (unpaired) electrons. The summed E-state index contributed by atoms with van der Waals surface area (Å²) in [5.41, 5.74) is 0. The van der Waals surface area contributed by atoms with E-state index in [0.29, 0.717) is 0 Å². The summed E-state index contributed by atoms with van der Waals surface area (Å²) < 4.78 is 0. The fraction of sp³-hybridized carbons (Fsp3) is 0.333. The fourth-order valence-corrected chi connectivity index (χ4v) is 0.705. The number of carboxylic acids is 1. The van der Waals surface area contributed by atoms with Crippen LogP contribution in [0.2, 0.25) is 0 Å². The van der Waals surface area contributed by atoms with E-state index in [2.05, 4.69) is 10.9 Å². The van der Waals surface area contributed by atoms with Crippen LogP contribution in [0.15, 0.2) is 4.99 Å². The Morgan fingerprint density at radius 1 is 1.90 bits per heavy atom. The Balaban J connectivity index is 4.08. The van der Waals surface area contributed by atoms with Crippen LogP contribution in [-0.4, -0.2) is 28.9 Å². The molecule has 0 aromatic carbocycles. The lowest BCUT2D eigenvalue weighted by atomic mass is 10.6. The van der Waals surface area contributed by atoms with Crippen LogP contribution < -0.4 is 0 Å². The van der Waals surface area contributed by atoms with Gasteiger partial charge in [0.1, 0.15) is 6.54 Å². The first-order valence-corrected chi connectivity index (χ1v) is 3.70. The number of terminal acetylenes is 1. The highest BCUT2D eigenvalue weighted by molar-refractivity contribution is 8.15. The molecule has 1 N–H and O–H groups in total. The number of hydrogen-bond acceptors (Lipinski definition) is 3. The molecular weight excluding hydrogens is 150 g/mol. The molecule has 0 unspecified atom stereocenters. The Morgan fingerprint density at radius 3 is 2.80 bits per heavy atom. The zero-order valence-corrected chi connectivity index (χ0v) is 6.31. The Kier molecular flexibility index (Phi) is 4.42. The van der Waals surface area contributed by atoms with Gasteiger partial charge in [0.25, 0.3) is 0 Å². The molecule has 0 atom stereocenters. The molecular formula is C6H7NO2S. The maximum Gasteiger partial charge on any atom is 0.360 e. The molecule has 0 fully saturated rings. The van der Waals surface area contributed by atoms with Crippen molar-refractivity contribution in [1.82, 2.24) is 0 Å². The van der Waals surface area contributed by atoms with Gasteiger partial charge in [0.2, 0.25) is 0 Å². The number of hydrogen-bond donors (Lipinski definition) is 1. The Hall–Kier alpha value is -0.950. The average Bonchev–Trinajstić information content (AvgIpc) is 1.89. The van der Waals surface area contributed by atoms with Crippen LogP contribution in [-0.2, 0) is 4.79 Å². The third-order valence-corrected chi connectivity index (χ3v) is 1.38. The molecule has 3 nitrogen and oxygen atoms in total. The summed E-state index contributed by atoms with van der Waals surface area (Å²) in [6.07, 6.45) is 6.51. The predicted octanol–water partition coefficient (Wildman–Crippen LogP) is 0.466. The smallest absolute Gasteiger partial charge is 0.360 e. The first-order chi connectivity index (χ1) is 4.72. The van der Waals surface area contributed by atoms with E-state index < -0.39 is 5.97 Å². The van der Waals surface area contributed by atoms with Crippen molar-refractivity contribution < 1.29 is 9.90 Å². The van der Waals surface area contributed by atoms with Crippen LogP contribution in [0.4, 0.5) is 0 Å². The molecule has 0 heterocycles. The number of aliphatic carboxylic acids is 1. The minimum absolute atomic E-state index is 0.0537. The average molecular weight is 157 g/mol. The highest BCUT2D eigenvalue weighted by atomic mass is 32.2. The van der Waals surface area contributed by atoms with Crippen LogP contribution >= 0.6 is 11.8 Å². The van der Waals surface area contributed by atoms with Gasteiger partial charge in [-0.05, 0) is 6.26 Å². The lowest BCUT2D eigenvalue weighted by Crippen LogP contribution is -2.08. The third-order valence-electron chi connectivity index (χ3n) is 0.690. The van der Waals surface area contributed by atoms with Gasteiger partial charge in [-0.25, -0.2) is 4.79 Å². The minimum atomic E-state index is -1.03. The zero-order chi connectivity index (χ0) is 7.98. The summed E-state index contributed by atoms with van der Waals surface area (Å²) >= 11 is 1.07. The van der Waals surface area contributed by atoms with E-state index in [4.69, 9.17) is 11.5 Å². The van der Waals surface area contributed by atoms with Crippen molar-refractivity contribution in [3.05, 3.63) is 0 Å². The number of thioether (sulfide) groups is 1. The van der Waals surface area contributed by atoms with E-state index in [1.165, 1.54) is 0 Å². The molecule has 54 valence electrons. The van der Waals surface area contributed by atoms with Crippen LogP contribution in [0.1, 0.15) is 0 Å². The summed E-state index contributed by atoms with van der Waals surface area (Å²) in [7, 11) is 0. The topological polar surface area (TPSA) is 49.7 Å². The van der Waals surface area contributed by atoms with E-state index in [9.17, 15) is 4.79 Å². The van der Waals surface area contributed by atoms with Crippen molar-refractivity contribution in [2.45, 2.75) is 0 Å². The van der Waals surface area contributed by atoms with Crippen molar-refractivity contribution in [3.8, 4) is 12.3 Å². The Morgan fingerprint density at radius 2 is 2.50 bits per heavy atom. The van der Waals surface area contributed by atoms with Gasteiger partial charge >= 0.3 is 5.97 Å². The van der Waals surface area contributed by atoms with E-state index in [1.807, 2.05) is 0 Å².